The topological polar surface area (TPSA) is 20.2 Å². The fraction of sp³-hybridized carbons (Fsp3) is 0.857. The number of aliphatic hydroxyl groups excluding tert-OH is 1. The highest BCUT2D eigenvalue weighted by molar-refractivity contribution is 4.71. The zero-order chi connectivity index (χ0) is 6.41. The van der Waals surface area contributed by atoms with Crippen LogP contribution in [0.15, 0.2) is 0 Å². The van der Waals surface area contributed by atoms with Gasteiger partial charge in [0.25, 0.3) is 0 Å². The van der Waals surface area contributed by atoms with Crippen molar-refractivity contribution in [1.29, 1.82) is 0 Å². The summed E-state index contributed by atoms with van der Waals surface area (Å²) in [6.45, 7) is 4.11. The van der Waals surface area contributed by atoms with Crippen molar-refractivity contribution in [2.45, 2.75) is 39.5 Å². The fourth-order valence-electron chi connectivity index (χ4n) is 0.558. The molecule has 0 atom stereocenters. The summed E-state index contributed by atoms with van der Waals surface area (Å²) in [6, 6.07) is 0. The smallest absolute Gasteiger partial charge is 0.0930 e. The van der Waals surface area contributed by atoms with Crippen LogP contribution in [0.3, 0.4) is 0 Å². The average molecular weight is 115 g/mol. The van der Waals surface area contributed by atoms with Crippen LogP contribution in [0.5, 0.6) is 0 Å². The van der Waals surface area contributed by atoms with Gasteiger partial charge in [-0.1, -0.05) is 26.7 Å². The predicted molar refractivity (Wildman–Crippen MR) is 35.0 cm³/mol. The van der Waals surface area contributed by atoms with E-state index in [1.54, 1.807) is 0 Å². The van der Waals surface area contributed by atoms with Gasteiger partial charge in [-0.15, -0.1) is 0 Å². The molecule has 0 aromatic carbocycles. The van der Waals surface area contributed by atoms with Crippen molar-refractivity contribution < 1.29 is 5.11 Å². The molecule has 0 fully saturated rings. The largest absolute Gasteiger partial charge is 0.387 e. The summed E-state index contributed by atoms with van der Waals surface area (Å²) in [5.41, 5.74) is 0. The lowest BCUT2D eigenvalue weighted by Crippen LogP contribution is -1.91. The molecule has 0 aliphatic rings. The zero-order valence-corrected chi connectivity index (χ0v) is 5.78. The second-order valence-electron chi connectivity index (χ2n) is 2.02. The molecule has 1 heteroatoms. The SMILES string of the molecule is CCCC[C](O)CC. The minimum Gasteiger partial charge on any atom is -0.387 e. The second kappa shape index (κ2) is 5.10. The molecule has 0 saturated heterocycles. The fourth-order valence-corrected chi connectivity index (χ4v) is 0.558. The molecule has 8 heavy (non-hydrogen) atoms. The number of aliphatic hydroxyl groups is 1. The minimum atomic E-state index is 0.645. The third kappa shape index (κ3) is 4.13. The van der Waals surface area contributed by atoms with Crippen molar-refractivity contribution >= 4 is 0 Å². The first-order valence-electron chi connectivity index (χ1n) is 3.34. The van der Waals surface area contributed by atoms with Crippen LogP contribution in [-0.2, 0) is 0 Å². The first-order valence-corrected chi connectivity index (χ1v) is 3.34. The van der Waals surface area contributed by atoms with E-state index >= 15 is 0 Å². The molecule has 49 valence electrons. The standard InChI is InChI=1S/C7H15O/c1-3-5-6-7(8)4-2/h8H,3-6H2,1-2H3. The number of hydrogen-bond acceptors (Lipinski definition) is 1. The van der Waals surface area contributed by atoms with E-state index in [-0.39, 0.29) is 0 Å². The highest BCUT2D eigenvalue weighted by Gasteiger charge is 1.98. The van der Waals surface area contributed by atoms with Crippen LogP contribution in [-0.4, -0.2) is 5.11 Å². The van der Waals surface area contributed by atoms with Crippen molar-refractivity contribution in [3.8, 4) is 0 Å². The van der Waals surface area contributed by atoms with E-state index in [2.05, 4.69) is 6.92 Å². The Morgan fingerprint density at radius 3 is 2.38 bits per heavy atom. The summed E-state index contributed by atoms with van der Waals surface area (Å²) in [6.07, 6.45) is 4.66. The van der Waals surface area contributed by atoms with E-state index < -0.39 is 0 Å². The van der Waals surface area contributed by atoms with Crippen LogP contribution < -0.4 is 0 Å². The van der Waals surface area contributed by atoms with Gasteiger partial charge >= 0.3 is 0 Å². The molecule has 0 amide bonds. The first-order chi connectivity index (χ1) is 3.81. The molecule has 0 aromatic heterocycles. The third-order valence-corrected chi connectivity index (χ3v) is 1.23. The number of unbranched alkanes of at least 4 members (excludes halogenated alkanes) is 1. The molecular weight excluding hydrogens is 100 g/mol. The summed E-state index contributed by atoms with van der Waals surface area (Å²) >= 11 is 0. The van der Waals surface area contributed by atoms with Crippen molar-refractivity contribution in [1.82, 2.24) is 0 Å². The van der Waals surface area contributed by atoms with E-state index in [1.807, 2.05) is 6.92 Å². The third-order valence-electron chi connectivity index (χ3n) is 1.23. The molecule has 1 nitrogen and oxygen atoms in total. The van der Waals surface area contributed by atoms with Crippen molar-refractivity contribution in [2.75, 3.05) is 0 Å². The monoisotopic (exact) mass is 115 g/mol. The van der Waals surface area contributed by atoms with Crippen LogP contribution >= 0.6 is 0 Å². The average Bonchev–Trinajstić information content (AvgIpc) is 1.83. The highest BCUT2D eigenvalue weighted by atomic mass is 16.3. The van der Waals surface area contributed by atoms with Gasteiger partial charge < -0.3 is 5.11 Å². The van der Waals surface area contributed by atoms with Gasteiger partial charge in [-0.05, 0) is 12.8 Å². The molecule has 0 aliphatic heterocycles. The summed E-state index contributed by atoms with van der Waals surface area (Å²) in [4.78, 5) is 0. The van der Waals surface area contributed by atoms with E-state index in [0.717, 1.165) is 19.3 Å². The van der Waals surface area contributed by atoms with Crippen LogP contribution in [0.2, 0.25) is 0 Å². The van der Waals surface area contributed by atoms with Gasteiger partial charge in [0.2, 0.25) is 0 Å². The van der Waals surface area contributed by atoms with Gasteiger partial charge in [0.05, 0.1) is 6.10 Å². The van der Waals surface area contributed by atoms with Crippen LogP contribution in [0.25, 0.3) is 0 Å². The normalized spacial score (nSPS) is 10.5. The lowest BCUT2D eigenvalue weighted by molar-refractivity contribution is 0.270. The Bertz CT molecular complexity index is 43.7. The zero-order valence-electron chi connectivity index (χ0n) is 5.78. The van der Waals surface area contributed by atoms with Crippen molar-refractivity contribution in [2.24, 2.45) is 0 Å². The quantitative estimate of drug-likeness (QED) is 0.596. The van der Waals surface area contributed by atoms with Gasteiger partial charge in [-0.2, -0.15) is 0 Å². The number of hydrogen-bond donors (Lipinski definition) is 1. The molecule has 0 heterocycles. The lowest BCUT2D eigenvalue weighted by Gasteiger charge is -2.02. The molecule has 0 aromatic rings. The van der Waals surface area contributed by atoms with Crippen molar-refractivity contribution in [3.05, 3.63) is 6.10 Å². The Balaban J connectivity index is 2.86. The summed E-state index contributed by atoms with van der Waals surface area (Å²) in [5, 5.41) is 8.91. The van der Waals surface area contributed by atoms with E-state index in [1.165, 1.54) is 6.42 Å². The first kappa shape index (κ1) is 7.96. The molecular formula is C7H15O. The molecule has 0 aliphatic carbocycles. The minimum absolute atomic E-state index is 0.645. The van der Waals surface area contributed by atoms with Gasteiger partial charge in [-0.3, -0.25) is 0 Å². The maximum Gasteiger partial charge on any atom is 0.0930 e. The van der Waals surface area contributed by atoms with Crippen molar-refractivity contribution in [3.63, 3.8) is 0 Å². The molecule has 1 radical (unpaired) electrons. The maximum absolute atomic E-state index is 8.91. The highest BCUT2D eigenvalue weighted by Crippen LogP contribution is 2.09. The molecule has 0 saturated carbocycles. The van der Waals surface area contributed by atoms with Gasteiger partial charge in [0, 0.05) is 0 Å². The summed E-state index contributed by atoms with van der Waals surface area (Å²) < 4.78 is 0. The Kier molecular flexibility index (Phi) is 5.08. The molecule has 0 bridgehead atoms. The second-order valence-corrected chi connectivity index (χ2v) is 2.02. The Hall–Kier alpha value is -0.0400. The Morgan fingerprint density at radius 1 is 1.38 bits per heavy atom. The van der Waals surface area contributed by atoms with Crippen LogP contribution in [0.4, 0.5) is 0 Å². The Labute approximate surface area is 51.7 Å². The molecule has 0 rings (SSSR count). The van der Waals surface area contributed by atoms with E-state index in [9.17, 15) is 0 Å². The lowest BCUT2D eigenvalue weighted by atomic mass is 10.1. The van der Waals surface area contributed by atoms with Gasteiger partial charge in [0.1, 0.15) is 0 Å². The van der Waals surface area contributed by atoms with E-state index in [4.69, 9.17) is 5.11 Å². The van der Waals surface area contributed by atoms with Crippen LogP contribution in [0.1, 0.15) is 39.5 Å². The van der Waals surface area contributed by atoms with E-state index in [0.29, 0.717) is 6.10 Å². The molecule has 1 N–H and O–H groups in total. The summed E-state index contributed by atoms with van der Waals surface area (Å²) in [5.74, 6) is 0. The van der Waals surface area contributed by atoms with Crippen LogP contribution in [0, 0.1) is 6.10 Å². The predicted octanol–water partition coefficient (Wildman–Crippen LogP) is 2.49. The maximum atomic E-state index is 8.91. The van der Waals surface area contributed by atoms with Gasteiger partial charge in [0.15, 0.2) is 0 Å². The Morgan fingerprint density at radius 2 is 2.00 bits per heavy atom. The van der Waals surface area contributed by atoms with Gasteiger partial charge in [-0.25, -0.2) is 0 Å². The molecule has 0 spiro atoms. The molecule has 0 unspecified atom stereocenters. The number of rotatable bonds is 4. The summed E-state index contributed by atoms with van der Waals surface area (Å²) in [7, 11) is 0.